The van der Waals surface area contributed by atoms with Gasteiger partial charge in [0.1, 0.15) is 6.10 Å². The van der Waals surface area contributed by atoms with Crippen molar-refractivity contribution in [2.45, 2.75) is 57.5 Å². The average molecular weight is 495 g/mol. The van der Waals surface area contributed by atoms with E-state index in [1.807, 2.05) is 13.0 Å². The zero-order valence-electron chi connectivity index (χ0n) is 21.2. The molecule has 2 atom stereocenters. The minimum atomic E-state index is -0.587. The van der Waals surface area contributed by atoms with Crippen molar-refractivity contribution in [1.82, 2.24) is 19.7 Å². The number of carbonyl (C=O) groups is 1. The number of likely N-dealkylation sites (tertiary alicyclic amines) is 1. The number of amides is 1. The molecule has 1 fully saturated rings. The SMILES string of the molecule is C[C@@H](O)CN1CCC(Oc2ccc3c(n2)CCN(C[C@H](O)CN2CCc4ccccc4C2)C3=O)CC1. The first-order valence-corrected chi connectivity index (χ1v) is 13.3. The molecule has 2 N–H and O–H groups in total. The van der Waals surface area contributed by atoms with Crippen molar-refractivity contribution in [2.75, 3.05) is 45.8 Å². The monoisotopic (exact) mass is 494 g/mol. The van der Waals surface area contributed by atoms with Crippen molar-refractivity contribution in [3.63, 3.8) is 0 Å². The number of aliphatic hydroxyl groups is 2. The Morgan fingerprint density at radius 1 is 0.944 bits per heavy atom. The van der Waals surface area contributed by atoms with E-state index in [9.17, 15) is 15.0 Å². The zero-order valence-corrected chi connectivity index (χ0v) is 21.2. The van der Waals surface area contributed by atoms with Gasteiger partial charge in [-0.1, -0.05) is 24.3 Å². The lowest BCUT2D eigenvalue weighted by Gasteiger charge is -2.34. The molecule has 0 spiro atoms. The van der Waals surface area contributed by atoms with E-state index in [4.69, 9.17) is 4.74 Å². The molecular weight excluding hydrogens is 456 g/mol. The van der Waals surface area contributed by atoms with E-state index in [0.717, 1.165) is 51.1 Å². The van der Waals surface area contributed by atoms with Gasteiger partial charge in [-0.15, -0.1) is 0 Å². The number of pyridine rings is 1. The number of hydrogen-bond acceptors (Lipinski definition) is 7. The number of aromatic nitrogens is 1. The Morgan fingerprint density at radius 3 is 2.50 bits per heavy atom. The van der Waals surface area contributed by atoms with Crippen LogP contribution in [0.15, 0.2) is 36.4 Å². The van der Waals surface area contributed by atoms with Crippen LogP contribution in [0.2, 0.25) is 0 Å². The molecule has 4 heterocycles. The molecule has 0 unspecified atom stereocenters. The van der Waals surface area contributed by atoms with E-state index in [2.05, 4.69) is 39.0 Å². The van der Waals surface area contributed by atoms with E-state index in [1.54, 1.807) is 11.0 Å². The molecule has 0 bridgehead atoms. The number of ether oxygens (including phenoxy) is 1. The third kappa shape index (κ3) is 6.06. The predicted molar refractivity (Wildman–Crippen MR) is 137 cm³/mol. The van der Waals surface area contributed by atoms with Gasteiger partial charge in [-0.2, -0.15) is 0 Å². The summed E-state index contributed by atoms with van der Waals surface area (Å²) in [5.74, 6) is 0.513. The standard InChI is InChI=1S/C28H38N4O4/c1-20(33)16-30-13-9-24(10-14-30)36-27-7-6-25-26(29-27)11-15-32(28(25)35)19-23(34)18-31-12-8-21-4-2-3-5-22(21)17-31/h2-7,20,23-24,33-34H,8-19H2,1H3/t20-,23-/m1/s1. The number of rotatable bonds is 8. The maximum atomic E-state index is 13.1. The van der Waals surface area contributed by atoms with Crippen LogP contribution in [-0.2, 0) is 19.4 Å². The number of piperidine rings is 1. The molecule has 8 nitrogen and oxygen atoms in total. The lowest BCUT2D eigenvalue weighted by atomic mass is 9.99. The Labute approximate surface area is 213 Å². The van der Waals surface area contributed by atoms with Gasteiger partial charge in [0.25, 0.3) is 5.91 Å². The van der Waals surface area contributed by atoms with Crippen LogP contribution in [0.25, 0.3) is 0 Å². The number of hydrogen-bond donors (Lipinski definition) is 2. The highest BCUT2D eigenvalue weighted by atomic mass is 16.5. The summed E-state index contributed by atoms with van der Waals surface area (Å²) in [4.78, 5) is 24.1. The van der Waals surface area contributed by atoms with Gasteiger partial charge < -0.3 is 24.7 Å². The quantitative estimate of drug-likeness (QED) is 0.578. The van der Waals surface area contributed by atoms with Crippen LogP contribution in [0.1, 0.15) is 46.9 Å². The van der Waals surface area contributed by atoms with Gasteiger partial charge in [0.15, 0.2) is 0 Å². The third-order valence-corrected chi connectivity index (χ3v) is 7.54. The van der Waals surface area contributed by atoms with Gasteiger partial charge >= 0.3 is 0 Å². The topological polar surface area (TPSA) is 89.4 Å². The zero-order chi connectivity index (χ0) is 25.1. The summed E-state index contributed by atoms with van der Waals surface area (Å²) < 4.78 is 6.14. The van der Waals surface area contributed by atoms with E-state index in [1.165, 1.54) is 11.1 Å². The molecule has 194 valence electrons. The van der Waals surface area contributed by atoms with Crippen molar-refractivity contribution >= 4 is 5.91 Å². The molecule has 1 aromatic heterocycles. The van der Waals surface area contributed by atoms with E-state index in [-0.39, 0.29) is 18.1 Å². The minimum absolute atomic E-state index is 0.0650. The molecule has 8 heteroatoms. The molecule has 0 aliphatic carbocycles. The Hall–Kier alpha value is -2.52. The smallest absolute Gasteiger partial charge is 0.255 e. The summed E-state index contributed by atoms with van der Waals surface area (Å²) in [6.07, 6.45) is 2.66. The fourth-order valence-corrected chi connectivity index (χ4v) is 5.69. The van der Waals surface area contributed by atoms with Crippen LogP contribution in [-0.4, -0.2) is 99.9 Å². The van der Waals surface area contributed by atoms with Gasteiger partial charge in [0.2, 0.25) is 5.88 Å². The predicted octanol–water partition coefficient (Wildman–Crippen LogP) is 1.72. The fraction of sp³-hybridized carbons (Fsp3) is 0.571. The largest absolute Gasteiger partial charge is 0.474 e. The minimum Gasteiger partial charge on any atom is -0.474 e. The number of benzene rings is 1. The highest BCUT2D eigenvalue weighted by Gasteiger charge is 2.29. The highest BCUT2D eigenvalue weighted by molar-refractivity contribution is 5.96. The van der Waals surface area contributed by atoms with Gasteiger partial charge in [0.05, 0.1) is 23.5 Å². The van der Waals surface area contributed by atoms with Gasteiger partial charge in [-0.3, -0.25) is 9.69 Å². The Bertz CT molecular complexity index is 1050. The maximum Gasteiger partial charge on any atom is 0.255 e. The first-order chi connectivity index (χ1) is 17.4. The molecule has 0 saturated carbocycles. The summed E-state index contributed by atoms with van der Waals surface area (Å²) in [6.45, 7) is 7.54. The highest BCUT2D eigenvalue weighted by Crippen LogP contribution is 2.24. The Morgan fingerprint density at radius 2 is 1.72 bits per heavy atom. The van der Waals surface area contributed by atoms with Crippen LogP contribution in [0.4, 0.5) is 0 Å². The summed E-state index contributed by atoms with van der Waals surface area (Å²) >= 11 is 0. The molecule has 2 aromatic rings. The maximum absolute atomic E-state index is 13.1. The summed E-state index contributed by atoms with van der Waals surface area (Å²) in [5.41, 5.74) is 4.11. The lowest BCUT2D eigenvalue weighted by Crippen LogP contribution is -2.46. The molecule has 3 aliphatic rings. The van der Waals surface area contributed by atoms with Crippen LogP contribution in [0.3, 0.4) is 0 Å². The van der Waals surface area contributed by atoms with E-state index in [0.29, 0.717) is 44.0 Å². The molecule has 3 aliphatic heterocycles. The first-order valence-electron chi connectivity index (χ1n) is 13.3. The normalized spacial score (nSPS) is 21.1. The Kier molecular flexibility index (Phi) is 7.86. The first kappa shape index (κ1) is 25.1. The molecule has 5 rings (SSSR count). The van der Waals surface area contributed by atoms with Crippen molar-refractivity contribution in [3.05, 3.63) is 58.8 Å². The molecular formula is C28H38N4O4. The summed E-state index contributed by atoms with van der Waals surface area (Å²) in [7, 11) is 0. The Balaban J connectivity index is 1.12. The lowest BCUT2D eigenvalue weighted by molar-refractivity contribution is 0.0488. The van der Waals surface area contributed by atoms with Gasteiger partial charge in [-0.05, 0) is 43.4 Å². The second kappa shape index (κ2) is 11.3. The number of aliphatic hydroxyl groups excluding tert-OH is 2. The van der Waals surface area contributed by atoms with E-state index < -0.39 is 6.10 Å². The molecule has 1 aromatic carbocycles. The van der Waals surface area contributed by atoms with Crippen molar-refractivity contribution < 1.29 is 19.7 Å². The van der Waals surface area contributed by atoms with Crippen molar-refractivity contribution in [2.24, 2.45) is 0 Å². The van der Waals surface area contributed by atoms with Crippen LogP contribution < -0.4 is 4.74 Å². The summed E-state index contributed by atoms with van der Waals surface area (Å²) in [5, 5.41) is 20.4. The molecule has 0 radical (unpaired) electrons. The second-order valence-corrected chi connectivity index (χ2v) is 10.5. The third-order valence-electron chi connectivity index (χ3n) is 7.54. The van der Waals surface area contributed by atoms with Crippen LogP contribution in [0.5, 0.6) is 5.88 Å². The summed E-state index contributed by atoms with van der Waals surface area (Å²) in [6, 6.07) is 12.1. The van der Waals surface area contributed by atoms with Crippen molar-refractivity contribution in [3.8, 4) is 5.88 Å². The number of carbonyl (C=O) groups excluding carboxylic acids is 1. The van der Waals surface area contributed by atoms with Crippen LogP contribution in [0, 0.1) is 0 Å². The average Bonchev–Trinajstić information content (AvgIpc) is 2.86. The second-order valence-electron chi connectivity index (χ2n) is 10.5. The molecule has 36 heavy (non-hydrogen) atoms. The molecule has 1 saturated heterocycles. The number of nitrogens with zero attached hydrogens (tertiary/aromatic N) is 4. The number of fused-ring (bicyclic) bond motifs is 2. The van der Waals surface area contributed by atoms with E-state index >= 15 is 0 Å². The van der Waals surface area contributed by atoms with Crippen LogP contribution >= 0.6 is 0 Å². The van der Waals surface area contributed by atoms with Crippen molar-refractivity contribution in [1.29, 1.82) is 0 Å². The van der Waals surface area contributed by atoms with Gasteiger partial charge in [-0.25, -0.2) is 4.98 Å². The van der Waals surface area contributed by atoms with Gasteiger partial charge in [0, 0.05) is 64.8 Å². The number of β-amino-alcohol motifs (C(OH)–C–C–N with tert-alkyl or cyclic N) is 2. The molecule has 1 amide bonds. The fourth-order valence-electron chi connectivity index (χ4n) is 5.69.